The molecule has 1 N–H and O–H groups in total. The zero-order valence-electron chi connectivity index (χ0n) is 13.1. The number of carbonyl (C=O) groups is 1. The number of amides is 1. The molecule has 0 heterocycles. The predicted octanol–water partition coefficient (Wildman–Crippen LogP) is 1.78. The molecule has 0 spiro atoms. The van der Waals surface area contributed by atoms with Crippen molar-refractivity contribution in [3.05, 3.63) is 29.8 Å². The highest BCUT2D eigenvalue weighted by Crippen LogP contribution is 2.15. The standard InChI is InChI=1S/C15H24N2O3S/c1-5-17(11-15(18)16-10-12(2)3)21(19,20)14-8-6-13(4)7-9-14/h6-9,12H,5,10-11H2,1-4H3,(H,16,18). The first-order chi connectivity index (χ1) is 9.77. The SMILES string of the molecule is CCN(CC(=O)NCC(C)C)S(=O)(=O)c1ccc(C)cc1. The molecule has 0 aliphatic rings. The maximum Gasteiger partial charge on any atom is 0.243 e. The second-order valence-corrected chi connectivity index (χ2v) is 7.38. The normalized spacial score (nSPS) is 11.9. The molecule has 21 heavy (non-hydrogen) atoms. The molecule has 0 saturated carbocycles. The lowest BCUT2D eigenvalue weighted by Crippen LogP contribution is -2.41. The average molecular weight is 312 g/mol. The van der Waals surface area contributed by atoms with Crippen LogP contribution in [0.5, 0.6) is 0 Å². The fraction of sp³-hybridized carbons (Fsp3) is 0.533. The van der Waals surface area contributed by atoms with Gasteiger partial charge in [0.1, 0.15) is 0 Å². The number of sulfonamides is 1. The Hall–Kier alpha value is -1.40. The van der Waals surface area contributed by atoms with Gasteiger partial charge >= 0.3 is 0 Å². The monoisotopic (exact) mass is 312 g/mol. The van der Waals surface area contributed by atoms with E-state index in [1.807, 2.05) is 20.8 Å². The van der Waals surface area contributed by atoms with Crippen LogP contribution in [0.2, 0.25) is 0 Å². The zero-order valence-corrected chi connectivity index (χ0v) is 13.9. The lowest BCUT2D eigenvalue weighted by Gasteiger charge is -2.20. The molecule has 0 aliphatic carbocycles. The van der Waals surface area contributed by atoms with Crippen molar-refractivity contribution in [2.24, 2.45) is 5.92 Å². The van der Waals surface area contributed by atoms with E-state index in [1.54, 1.807) is 31.2 Å². The van der Waals surface area contributed by atoms with Gasteiger partial charge in [-0.15, -0.1) is 0 Å². The van der Waals surface area contributed by atoms with E-state index < -0.39 is 10.0 Å². The van der Waals surface area contributed by atoms with E-state index in [0.717, 1.165) is 5.56 Å². The lowest BCUT2D eigenvalue weighted by atomic mass is 10.2. The van der Waals surface area contributed by atoms with Crippen molar-refractivity contribution >= 4 is 15.9 Å². The van der Waals surface area contributed by atoms with Crippen LogP contribution in [0.4, 0.5) is 0 Å². The van der Waals surface area contributed by atoms with Gasteiger partial charge in [0.05, 0.1) is 11.4 Å². The summed E-state index contributed by atoms with van der Waals surface area (Å²) in [5.41, 5.74) is 0.992. The van der Waals surface area contributed by atoms with Gasteiger partial charge < -0.3 is 5.32 Å². The van der Waals surface area contributed by atoms with E-state index in [0.29, 0.717) is 12.5 Å². The van der Waals surface area contributed by atoms with Gasteiger partial charge in [-0.1, -0.05) is 38.5 Å². The van der Waals surface area contributed by atoms with Gasteiger partial charge in [0.15, 0.2) is 0 Å². The Labute approximate surface area is 127 Å². The molecule has 1 rings (SSSR count). The van der Waals surface area contributed by atoms with E-state index in [2.05, 4.69) is 5.32 Å². The molecule has 0 bridgehead atoms. The zero-order chi connectivity index (χ0) is 16.0. The highest BCUT2D eigenvalue weighted by molar-refractivity contribution is 7.89. The van der Waals surface area contributed by atoms with Crippen LogP contribution < -0.4 is 5.32 Å². The van der Waals surface area contributed by atoms with Gasteiger partial charge in [-0.3, -0.25) is 4.79 Å². The third-order valence-electron chi connectivity index (χ3n) is 3.04. The molecule has 0 saturated heterocycles. The number of hydrogen-bond donors (Lipinski definition) is 1. The first-order valence-corrected chi connectivity index (χ1v) is 8.55. The number of nitrogens with one attached hydrogen (secondary N) is 1. The van der Waals surface area contributed by atoms with Crippen molar-refractivity contribution in [1.29, 1.82) is 0 Å². The Balaban J connectivity index is 2.83. The number of hydrogen-bond acceptors (Lipinski definition) is 3. The summed E-state index contributed by atoms with van der Waals surface area (Å²) in [5, 5.41) is 2.73. The number of likely N-dealkylation sites (N-methyl/N-ethyl adjacent to an activating group) is 1. The number of carbonyl (C=O) groups excluding carboxylic acids is 1. The molecule has 1 amide bonds. The summed E-state index contributed by atoms with van der Waals surface area (Å²) in [6.07, 6.45) is 0. The van der Waals surface area contributed by atoms with Crippen LogP contribution in [0.25, 0.3) is 0 Å². The predicted molar refractivity (Wildman–Crippen MR) is 83.5 cm³/mol. The second-order valence-electron chi connectivity index (χ2n) is 5.44. The summed E-state index contributed by atoms with van der Waals surface area (Å²) in [7, 11) is -3.63. The first kappa shape index (κ1) is 17.7. The molecule has 118 valence electrons. The van der Waals surface area contributed by atoms with Gasteiger partial charge in [-0.25, -0.2) is 8.42 Å². The van der Waals surface area contributed by atoms with Crippen molar-refractivity contribution in [3.8, 4) is 0 Å². The van der Waals surface area contributed by atoms with E-state index in [9.17, 15) is 13.2 Å². The molecule has 0 atom stereocenters. The van der Waals surface area contributed by atoms with Crippen LogP contribution in [-0.4, -0.2) is 38.3 Å². The summed E-state index contributed by atoms with van der Waals surface area (Å²) >= 11 is 0. The lowest BCUT2D eigenvalue weighted by molar-refractivity contribution is -0.121. The van der Waals surface area contributed by atoms with Gasteiger partial charge in [0.2, 0.25) is 15.9 Å². The summed E-state index contributed by atoms with van der Waals surface area (Å²) in [5.74, 6) is 0.0546. The van der Waals surface area contributed by atoms with Crippen LogP contribution in [0, 0.1) is 12.8 Å². The largest absolute Gasteiger partial charge is 0.355 e. The fourth-order valence-electron chi connectivity index (χ4n) is 1.76. The highest BCUT2D eigenvalue weighted by Gasteiger charge is 2.24. The Kier molecular flexibility index (Phi) is 6.36. The van der Waals surface area contributed by atoms with Crippen molar-refractivity contribution in [2.75, 3.05) is 19.6 Å². The van der Waals surface area contributed by atoms with Crippen molar-refractivity contribution < 1.29 is 13.2 Å². The minimum atomic E-state index is -3.63. The molecule has 0 radical (unpaired) electrons. The van der Waals surface area contributed by atoms with Crippen LogP contribution in [0.1, 0.15) is 26.3 Å². The molecule has 0 fully saturated rings. The molecule has 0 unspecified atom stereocenters. The Morgan fingerprint density at radius 3 is 2.29 bits per heavy atom. The third kappa shape index (κ3) is 5.13. The van der Waals surface area contributed by atoms with Gasteiger partial charge in [0, 0.05) is 13.1 Å². The number of nitrogens with zero attached hydrogens (tertiary/aromatic N) is 1. The quantitative estimate of drug-likeness (QED) is 0.834. The van der Waals surface area contributed by atoms with Crippen molar-refractivity contribution in [3.63, 3.8) is 0 Å². The summed E-state index contributed by atoms with van der Waals surface area (Å²) in [6.45, 7) is 8.24. The molecular formula is C15H24N2O3S. The van der Waals surface area contributed by atoms with Crippen molar-refractivity contribution in [1.82, 2.24) is 9.62 Å². The minimum Gasteiger partial charge on any atom is -0.355 e. The van der Waals surface area contributed by atoms with E-state index in [4.69, 9.17) is 0 Å². The van der Waals surface area contributed by atoms with Gasteiger partial charge in [-0.05, 0) is 25.0 Å². The fourth-order valence-corrected chi connectivity index (χ4v) is 3.17. The number of benzene rings is 1. The molecular weight excluding hydrogens is 288 g/mol. The van der Waals surface area contributed by atoms with E-state index >= 15 is 0 Å². The van der Waals surface area contributed by atoms with Crippen LogP contribution in [0.3, 0.4) is 0 Å². The summed E-state index contributed by atoms with van der Waals surface area (Å²) < 4.78 is 26.2. The van der Waals surface area contributed by atoms with E-state index in [1.165, 1.54) is 4.31 Å². The van der Waals surface area contributed by atoms with Gasteiger partial charge in [0.25, 0.3) is 0 Å². The molecule has 1 aromatic carbocycles. The molecule has 1 aromatic rings. The first-order valence-electron chi connectivity index (χ1n) is 7.11. The van der Waals surface area contributed by atoms with Crippen LogP contribution in [0.15, 0.2) is 29.2 Å². The second kappa shape index (κ2) is 7.56. The maximum absolute atomic E-state index is 12.5. The van der Waals surface area contributed by atoms with E-state index in [-0.39, 0.29) is 23.9 Å². The van der Waals surface area contributed by atoms with Crippen LogP contribution in [-0.2, 0) is 14.8 Å². The Morgan fingerprint density at radius 1 is 1.24 bits per heavy atom. The molecule has 0 aliphatic heterocycles. The summed E-state index contributed by atoms with van der Waals surface area (Å²) in [4.78, 5) is 12.0. The van der Waals surface area contributed by atoms with Crippen molar-refractivity contribution in [2.45, 2.75) is 32.6 Å². The van der Waals surface area contributed by atoms with Gasteiger partial charge in [-0.2, -0.15) is 4.31 Å². The minimum absolute atomic E-state index is 0.153. The third-order valence-corrected chi connectivity index (χ3v) is 4.97. The topological polar surface area (TPSA) is 66.5 Å². The number of rotatable bonds is 7. The molecule has 6 heteroatoms. The van der Waals surface area contributed by atoms with Crippen LogP contribution >= 0.6 is 0 Å². The summed E-state index contributed by atoms with van der Waals surface area (Å²) in [6, 6.07) is 6.64. The Bertz CT molecular complexity index is 565. The molecule has 5 nitrogen and oxygen atoms in total. The average Bonchev–Trinajstić information content (AvgIpc) is 2.42. The maximum atomic E-state index is 12.5. The Morgan fingerprint density at radius 2 is 1.81 bits per heavy atom. The highest BCUT2D eigenvalue weighted by atomic mass is 32.2. The smallest absolute Gasteiger partial charge is 0.243 e. The number of aryl methyl sites for hydroxylation is 1. The molecule has 0 aromatic heterocycles.